The molecule has 0 bridgehead atoms. The van der Waals surface area contributed by atoms with Crippen molar-refractivity contribution in [2.24, 2.45) is 0 Å². The van der Waals surface area contributed by atoms with Gasteiger partial charge in [0.05, 0.1) is 0 Å². The Morgan fingerprint density at radius 3 is 2.85 bits per heavy atom. The molecule has 0 atom stereocenters. The van der Waals surface area contributed by atoms with E-state index in [2.05, 4.69) is 5.32 Å². The van der Waals surface area contributed by atoms with Crippen molar-refractivity contribution >= 4 is 16.9 Å². The van der Waals surface area contributed by atoms with Crippen LogP contribution in [0.3, 0.4) is 0 Å². The minimum atomic E-state index is -1.04. The van der Waals surface area contributed by atoms with Gasteiger partial charge in [0.1, 0.15) is 5.58 Å². The van der Waals surface area contributed by atoms with E-state index in [0.717, 1.165) is 43.5 Å². The number of aromatic carboxylic acids is 1. The number of nitrogens with one attached hydrogen (secondary N) is 1. The van der Waals surface area contributed by atoms with Gasteiger partial charge in [0.2, 0.25) is 5.76 Å². The quantitative estimate of drug-likeness (QED) is 0.896. The number of benzene rings is 1. The first-order chi connectivity index (χ1) is 9.72. The van der Waals surface area contributed by atoms with Crippen molar-refractivity contribution in [1.29, 1.82) is 0 Å². The molecule has 0 aliphatic carbocycles. The summed E-state index contributed by atoms with van der Waals surface area (Å²) in [6.45, 7) is 2.41. The second kappa shape index (κ2) is 5.64. The maximum Gasteiger partial charge on any atom is 0.371 e. The van der Waals surface area contributed by atoms with E-state index in [0.29, 0.717) is 11.6 Å². The fourth-order valence-corrected chi connectivity index (χ4v) is 2.47. The van der Waals surface area contributed by atoms with Crippen molar-refractivity contribution < 1.29 is 19.1 Å². The third kappa shape index (κ3) is 2.84. The summed E-state index contributed by atoms with van der Waals surface area (Å²) in [5, 5.41) is 13.2. The number of carboxylic acid groups (broad SMARTS) is 1. The van der Waals surface area contributed by atoms with Crippen LogP contribution in [-0.2, 0) is 11.3 Å². The molecule has 3 rings (SSSR count). The second-order valence-electron chi connectivity index (χ2n) is 5.06. The molecular formula is C15H17NO4. The predicted molar refractivity (Wildman–Crippen MR) is 73.9 cm³/mol. The first kappa shape index (κ1) is 13.1. The van der Waals surface area contributed by atoms with Gasteiger partial charge in [-0.3, -0.25) is 0 Å². The number of carboxylic acids is 1. The highest BCUT2D eigenvalue weighted by atomic mass is 16.5. The van der Waals surface area contributed by atoms with Gasteiger partial charge in [-0.25, -0.2) is 4.79 Å². The zero-order valence-corrected chi connectivity index (χ0v) is 11.1. The van der Waals surface area contributed by atoms with Gasteiger partial charge in [0.25, 0.3) is 0 Å². The molecule has 0 radical (unpaired) electrons. The summed E-state index contributed by atoms with van der Waals surface area (Å²) in [7, 11) is 0. The van der Waals surface area contributed by atoms with Gasteiger partial charge in [-0.15, -0.1) is 0 Å². The first-order valence-corrected chi connectivity index (χ1v) is 6.79. The average molecular weight is 275 g/mol. The molecule has 2 heterocycles. The highest BCUT2D eigenvalue weighted by Crippen LogP contribution is 2.21. The highest BCUT2D eigenvalue weighted by molar-refractivity contribution is 5.91. The van der Waals surface area contributed by atoms with Gasteiger partial charge < -0.3 is 19.6 Å². The van der Waals surface area contributed by atoms with Crippen molar-refractivity contribution in [3.05, 3.63) is 35.6 Å². The number of ether oxygens (including phenoxy) is 1. The van der Waals surface area contributed by atoms with Crippen molar-refractivity contribution in [2.75, 3.05) is 13.2 Å². The Morgan fingerprint density at radius 2 is 2.10 bits per heavy atom. The number of hydrogen-bond donors (Lipinski definition) is 2. The molecule has 2 N–H and O–H groups in total. The molecule has 5 heteroatoms. The lowest BCUT2D eigenvalue weighted by Crippen LogP contribution is -2.34. The summed E-state index contributed by atoms with van der Waals surface area (Å²) in [4.78, 5) is 10.9. The fourth-order valence-electron chi connectivity index (χ4n) is 2.47. The van der Waals surface area contributed by atoms with E-state index >= 15 is 0 Å². The van der Waals surface area contributed by atoms with Crippen LogP contribution in [0, 0.1) is 0 Å². The molecule has 0 amide bonds. The molecule has 1 aliphatic heterocycles. The van der Waals surface area contributed by atoms with Crippen LogP contribution in [0.5, 0.6) is 0 Å². The maximum absolute atomic E-state index is 10.9. The van der Waals surface area contributed by atoms with Gasteiger partial charge in [0.15, 0.2) is 0 Å². The SMILES string of the molecule is O=C(O)c1cc2cc(CNC3CCOCC3)ccc2o1. The third-order valence-corrected chi connectivity index (χ3v) is 3.61. The summed E-state index contributed by atoms with van der Waals surface area (Å²) in [5.74, 6) is -1.06. The van der Waals surface area contributed by atoms with Crippen LogP contribution in [0.25, 0.3) is 11.0 Å². The average Bonchev–Trinajstić information content (AvgIpc) is 2.89. The number of hydrogen-bond acceptors (Lipinski definition) is 4. The van der Waals surface area contributed by atoms with Crippen LogP contribution >= 0.6 is 0 Å². The molecule has 5 nitrogen and oxygen atoms in total. The van der Waals surface area contributed by atoms with E-state index in [9.17, 15) is 4.79 Å². The van der Waals surface area contributed by atoms with Crippen LogP contribution in [0.1, 0.15) is 29.0 Å². The molecule has 0 spiro atoms. The van der Waals surface area contributed by atoms with Crippen molar-refractivity contribution in [2.45, 2.75) is 25.4 Å². The zero-order valence-electron chi connectivity index (χ0n) is 11.1. The molecule has 1 aromatic heterocycles. The molecule has 1 aliphatic rings. The Morgan fingerprint density at radius 1 is 1.30 bits per heavy atom. The topological polar surface area (TPSA) is 71.7 Å². The standard InChI is InChI=1S/C15H17NO4/c17-15(18)14-8-11-7-10(1-2-13(11)20-14)9-16-12-3-5-19-6-4-12/h1-2,7-8,12,16H,3-6,9H2,(H,17,18). The summed E-state index contributed by atoms with van der Waals surface area (Å²) in [6, 6.07) is 7.82. The smallest absolute Gasteiger partial charge is 0.371 e. The van der Waals surface area contributed by atoms with Crippen molar-refractivity contribution in [3.63, 3.8) is 0 Å². The Balaban J connectivity index is 1.70. The van der Waals surface area contributed by atoms with Gasteiger partial charge >= 0.3 is 5.97 Å². The molecule has 0 saturated carbocycles. The number of fused-ring (bicyclic) bond motifs is 1. The zero-order chi connectivity index (χ0) is 13.9. The van der Waals surface area contributed by atoms with Crippen molar-refractivity contribution in [1.82, 2.24) is 5.32 Å². The Kier molecular flexibility index (Phi) is 3.71. The largest absolute Gasteiger partial charge is 0.475 e. The van der Waals surface area contributed by atoms with E-state index < -0.39 is 5.97 Å². The maximum atomic E-state index is 10.9. The lowest BCUT2D eigenvalue weighted by molar-refractivity contribution is 0.0665. The lowest BCUT2D eigenvalue weighted by atomic mass is 10.1. The van der Waals surface area contributed by atoms with Gasteiger partial charge in [0, 0.05) is 31.2 Å². The summed E-state index contributed by atoms with van der Waals surface area (Å²) >= 11 is 0. The molecule has 1 saturated heterocycles. The monoisotopic (exact) mass is 275 g/mol. The normalized spacial score (nSPS) is 16.6. The highest BCUT2D eigenvalue weighted by Gasteiger charge is 2.14. The molecule has 2 aromatic rings. The molecule has 1 fully saturated rings. The van der Waals surface area contributed by atoms with Gasteiger partial charge in [-0.2, -0.15) is 0 Å². The molecule has 0 unspecified atom stereocenters. The molecule has 1 aromatic carbocycles. The van der Waals surface area contributed by atoms with E-state index in [-0.39, 0.29) is 5.76 Å². The third-order valence-electron chi connectivity index (χ3n) is 3.61. The fraction of sp³-hybridized carbons (Fsp3) is 0.400. The molecule has 20 heavy (non-hydrogen) atoms. The number of furan rings is 1. The van der Waals surface area contributed by atoms with Crippen LogP contribution in [0.2, 0.25) is 0 Å². The molecular weight excluding hydrogens is 258 g/mol. The predicted octanol–water partition coefficient (Wildman–Crippen LogP) is 2.40. The Labute approximate surface area is 116 Å². The number of carbonyl (C=O) groups is 1. The van der Waals surface area contributed by atoms with Gasteiger partial charge in [-0.1, -0.05) is 6.07 Å². The Bertz CT molecular complexity index is 613. The lowest BCUT2D eigenvalue weighted by Gasteiger charge is -2.23. The Hall–Kier alpha value is -1.85. The van der Waals surface area contributed by atoms with Crippen LogP contribution in [0.4, 0.5) is 0 Å². The summed E-state index contributed by atoms with van der Waals surface area (Å²) in [6.07, 6.45) is 2.08. The van der Waals surface area contributed by atoms with Crippen LogP contribution in [0.15, 0.2) is 28.7 Å². The summed E-state index contributed by atoms with van der Waals surface area (Å²) < 4.78 is 10.6. The van der Waals surface area contributed by atoms with E-state index in [1.165, 1.54) is 0 Å². The van der Waals surface area contributed by atoms with Gasteiger partial charge in [-0.05, 0) is 36.6 Å². The van der Waals surface area contributed by atoms with E-state index in [1.807, 2.05) is 18.2 Å². The van der Waals surface area contributed by atoms with E-state index in [1.54, 1.807) is 6.07 Å². The van der Waals surface area contributed by atoms with Crippen LogP contribution < -0.4 is 5.32 Å². The van der Waals surface area contributed by atoms with E-state index in [4.69, 9.17) is 14.3 Å². The molecule has 106 valence electrons. The second-order valence-corrected chi connectivity index (χ2v) is 5.06. The minimum absolute atomic E-state index is 0.0189. The number of rotatable bonds is 4. The summed E-state index contributed by atoms with van der Waals surface area (Å²) in [5.41, 5.74) is 1.74. The first-order valence-electron chi connectivity index (χ1n) is 6.79. The van der Waals surface area contributed by atoms with Crippen molar-refractivity contribution in [3.8, 4) is 0 Å². The van der Waals surface area contributed by atoms with Crippen LogP contribution in [-0.4, -0.2) is 30.3 Å². The minimum Gasteiger partial charge on any atom is -0.475 e.